The van der Waals surface area contributed by atoms with Gasteiger partial charge in [0.25, 0.3) is 0 Å². The van der Waals surface area contributed by atoms with Crippen LogP contribution in [-0.4, -0.2) is 18.5 Å². The Balaban J connectivity index is 2.97. The third kappa shape index (κ3) is 10.4. The molecule has 0 aromatic rings. The molecule has 0 bridgehead atoms. The van der Waals surface area contributed by atoms with E-state index in [1.165, 1.54) is 44.9 Å². The number of alkyl halides is 1. The van der Waals surface area contributed by atoms with Crippen molar-refractivity contribution in [2.75, 3.05) is 13.7 Å². The van der Waals surface area contributed by atoms with Crippen LogP contribution < -0.4 is 0 Å². The van der Waals surface area contributed by atoms with E-state index in [4.69, 9.17) is 4.74 Å². The summed E-state index contributed by atoms with van der Waals surface area (Å²) >= 11 is 3.70. The minimum Gasteiger partial charge on any atom is -0.385 e. The number of methoxy groups -OCH3 is 1. The summed E-state index contributed by atoms with van der Waals surface area (Å²) in [4.78, 5) is 0.750. The highest BCUT2D eigenvalue weighted by atomic mass is 79.9. The van der Waals surface area contributed by atoms with E-state index in [-0.39, 0.29) is 0 Å². The average molecular weight is 251 g/mol. The number of rotatable bonds is 9. The van der Waals surface area contributed by atoms with Gasteiger partial charge in [0.05, 0.1) is 0 Å². The fourth-order valence-corrected chi connectivity index (χ4v) is 2.20. The smallest absolute Gasteiger partial charge is 0.0462 e. The fourth-order valence-electron chi connectivity index (χ4n) is 1.42. The van der Waals surface area contributed by atoms with E-state index >= 15 is 0 Å². The highest BCUT2D eigenvalue weighted by Crippen LogP contribution is 2.16. The second-order valence-corrected chi connectivity index (χ2v) is 4.88. The molecule has 80 valence electrons. The topological polar surface area (TPSA) is 9.23 Å². The van der Waals surface area contributed by atoms with Gasteiger partial charge in [-0.2, -0.15) is 0 Å². The number of ether oxygens (including phenoxy) is 1. The van der Waals surface area contributed by atoms with Gasteiger partial charge in [-0.3, -0.25) is 0 Å². The quantitative estimate of drug-likeness (QED) is 0.442. The van der Waals surface area contributed by atoms with E-state index in [0.717, 1.165) is 11.4 Å². The summed E-state index contributed by atoms with van der Waals surface area (Å²) in [6, 6.07) is 0. The summed E-state index contributed by atoms with van der Waals surface area (Å²) in [7, 11) is 1.77. The lowest BCUT2D eigenvalue weighted by atomic mass is 10.1. The molecule has 1 nitrogen and oxygen atoms in total. The molecule has 0 fully saturated rings. The van der Waals surface area contributed by atoms with E-state index in [1.54, 1.807) is 7.11 Å². The summed E-state index contributed by atoms with van der Waals surface area (Å²) in [5.74, 6) is 0. The van der Waals surface area contributed by atoms with Gasteiger partial charge in [-0.15, -0.1) is 0 Å². The molecule has 0 aliphatic heterocycles. The monoisotopic (exact) mass is 250 g/mol. The van der Waals surface area contributed by atoms with Crippen LogP contribution in [0.15, 0.2) is 0 Å². The normalized spacial score (nSPS) is 13.2. The second kappa shape index (κ2) is 10.5. The van der Waals surface area contributed by atoms with Gasteiger partial charge in [-0.05, 0) is 19.3 Å². The maximum Gasteiger partial charge on any atom is 0.0462 e. The first-order chi connectivity index (χ1) is 6.31. The van der Waals surface area contributed by atoms with Gasteiger partial charge in [0.2, 0.25) is 0 Å². The van der Waals surface area contributed by atoms with Crippen LogP contribution >= 0.6 is 15.9 Å². The van der Waals surface area contributed by atoms with Crippen molar-refractivity contribution in [3.63, 3.8) is 0 Å². The molecule has 0 saturated heterocycles. The van der Waals surface area contributed by atoms with Crippen molar-refractivity contribution in [2.45, 2.75) is 56.7 Å². The molecule has 0 radical (unpaired) electrons. The lowest BCUT2D eigenvalue weighted by Gasteiger charge is -2.07. The number of hydrogen-bond acceptors (Lipinski definition) is 1. The molecule has 13 heavy (non-hydrogen) atoms. The molecule has 1 unspecified atom stereocenters. The van der Waals surface area contributed by atoms with Gasteiger partial charge in [0.1, 0.15) is 0 Å². The molecular weight excluding hydrogens is 228 g/mol. The minimum atomic E-state index is 0.750. The first-order valence-corrected chi connectivity index (χ1v) is 6.35. The standard InChI is InChI=1S/C11H23BrO/c1-3-8-11(12)9-6-4-5-7-10-13-2/h11H,3-10H2,1-2H3. The van der Waals surface area contributed by atoms with Crippen LogP contribution in [0, 0.1) is 0 Å². The Labute approximate surface area is 91.4 Å². The van der Waals surface area contributed by atoms with Crippen molar-refractivity contribution in [1.29, 1.82) is 0 Å². The first-order valence-electron chi connectivity index (χ1n) is 5.44. The third-order valence-electron chi connectivity index (χ3n) is 2.22. The zero-order valence-electron chi connectivity index (χ0n) is 9.02. The highest BCUT2D eigenvalue weighted by Gasteiger charge is 2.01. The molecule has 0 aromatic heterocycles. The molecule has 0 heterocycles. The van der Waals surface area contributed by atoms with Gasteiger partial charge >= 0.3 is 0 Å². The molecule has 0 rings (SSSR count). The molecule has 0 spiro atoms. The summed E-state index contributed by atoms with van der Waals surface area (Å²) in [6.07, 6.45) is 9.20. The Morgan fingerprint density at radius 3 is 2.38 bits per heavy atom. The van der Waals surface area contributed by atoms with Crippen LogP contribution in [0.2, 0.25) is 0 Å². The number of unbranched alkanes of at least 4 members (excludes halogenated alkanes) is 3. The highest BCUT2D eigenvalue weighted by molar-refractivity contribution is 9.09. The second-order valence-electron chi connectivity index (χ2n) is 3.58. The van der Waals surface area contributed by atoms with E-state index in [1.807, 2.05) is 0 Å². The zero-order valence-corrected chi connectivity index (χ0v) is 10.6. The Kier molecular flexibility index (Phi) is 10.9. The summed E-state index contributed by atoms with van der Waals surface area (Å²) < 4.78 is 5.00. The molecule has 0 aliphatic rings. The Morgan fingerprint density at radius 2 is 1.77 bits per heavy atom. The summed E-state index contributed by atoms with van der Waals surface area (Å²) in [5, 5.41) is 0. The largest absolute Gasteiger partial charge is 0.385 e. The molecule has 0 saturated carbocycles. The molecular formula is C11H23BrO. The maximum absolute atomic E-state index is 5.00. The van der Waals surface area contributed by atoms with Crippen molar-refractivity contribution >= 4 is 15.9 Å². The fraction of sp³-hybridized carbons (Fsp3) is 1.00. The predicted octanol–water partition coefficient (Wildman–Crippen LogP) is 4.15. The predicted molar refractivity (Wildman–Crippen MR) is 62.6 cm³/mol. The number of halogens is 1. The SMILES string of the molecule is CCCC(Br)CCCCCCOC. The zero-order chi connectivity index (χ0) is 9.94. The van der Waals surface area contributed by atoms with Gasteiger partial charge in [-0.1, -0.05) is 48.5 Å². The lowest BCUT2D eigenvalue weighted by Crippen LogP contribution is -1.96. The van der Waals surface area contributed by atoms with Crippen molar-refractivity contribution in [1.82, 2.24) is 0 Å². The van der Waals surface area contributed by atoms with Crippen LogP contribution in [0.1, 0.15) is 51.9 Å². The van der Waals surface area contributed by atoms with Crippen molar-refractivity contribution in [3.05, 3.63) is 0 Å². The van der Waals surface area contributed by atoms with Crippen LogP contribution in [0.4, 0.5) is 0 Å². The lowest BCUT2D eigenvalue weighted by molar-refractivity contribution is 0.192. The van der Waals surface area contributed by atoms with E-state index in [9.17, 15) is 0 Å². The third-order valence-corrected chi connectivity index (χ3v) is 3.13. The summed E-state index contributed by atoms with van der Waals surface area (Å²) in [5.41, 5.74) is 0. The van der Waals surface area contributed by atoms with Crippen LogP contribution in [-0.2, 0) is 4.74 Å². The summed E-state index contributed by atoms with van der Waals surface area (Å²) in [6.45, 7) is 3.17. The van der Waals surface area contributed by atoms with Crippen LogP contribution in [0.25, 0.3) is 0 Å². The average Bonchev–Trinajstić information content (AvgIpc) is 2.11. The molecule has 0 aromatic carbocycles. The first kappa shape index (κ1) is 13.4. The maximum atomic E-state index is 5.00. The van der Waals surface area contributed by atoms with Crippen LogP contribution in [0.5, 0.6) is 0 Å². The van der Waals surface area contributed by atoms with Crippen molar-refractivity contribution < 1.29 is 4.74 Å². The molecule has 1 atom stereocenters. The molecule has 2 heteroatoms. The van der Waals surface area contributed by atoms with Gasteiger partial charge in [0, 0.05) is 18.5 Å². The van der Waals surface area contributed by atoms with Gasteiger partial charge in [0.15, 0.2) is 0 Å². The Hall–Kier alpha value is 0.440. The molecule has 0 N–H and O–H groups in total. The van der Waals surface area contributed by atoms with E-state index in [0.29, 0.717) is 0 Å². The molecule has 0 amide bonds. The Bertz CT molecular complexity index is 96.1. The number of hydrogen-bond donors (Lipinski definition) is 0. The van der Waals surface area contributed by atoms with Gasteiger partial charge < -0.3 is 4.74 Å². The Morgan fingerprint density at radius 1 is 1.08 bits per heavy atom. The van der Waals surface area contributed by atoms with E-state index in [2.05, 4.69) is 22.9 Å². The van der Waals surface area contributed by atoms with E-state index < -0.39 is 0 Å². The van der Waals surface area contributed by atoms with Crippen LogP contribution in [0.3, 0.4) is 0 Å². The van der Waals surface area contributed by atoms with Crippen molar-refractivity contribution in [3.8, 4) is 0 Å². The van der Waals surface area contributed by atoms with Gasteiger partial charge in [-0.25, -0.2) is 0 Å². The minimum absolute atomic E-state index is 0.750. The molecule has 0 aliphatic carbocycles. The van der Waals surface area contributed by atoms with Crippen molar-refractivity contribution in [2.24, 2.45) is 0 Å².